The maximum Gasteiger partial charge on any atom is 0.251 e. The van der Waals surface area contributed by atoms with Crippen LogP contribution in [0, 0.1) is 5.92 Å². The van der Waals surface area contributed by atoms with E-state index in [4.69, 9.17) is 0 Å². The predicted molar refractivity (Wildman–Crippen MR) is 111 cm³/mol. The van der Waals surface area contributed by atoms with Gasteiger partial charge in [0.25, 0.3) is 5.91 Å². The number of carbonyl (C=O) groups is 1. The standard InChI is InChI=1S/C22H28N2O3S/c1-16(2)21(24-12-11-17-7-4-5-8-19(17)15-24)14-23-22(25)18-9-6-10-20(13-18)28(3,26)27/h4-10,13,16,21H,11-12,14-15H2,1-3H3,(H,23,25)/t21-/m1/s1. The van der Waals surface area contributed by atoms with E-state index in [0.29, 0.717) is 18.0 Å². The summed E-state index contributed by atoms with van der Waals surface area (Å²) in [4.78, 5) is 15.2. The lowest BCUT2D eigenvalue weighted by molar-refractivity contribution is 0.0904. The first-order chi connectivity index (χ1) is 13.3. The van der Waals surface area contributed by atoms with Crippen LogP contribution in [-0.2, 0) is 22.8 Å². The molecule has 1 aliphatic rings. The molecule has 0 aromatic heterocycles. The second-order valence-corrected chi connectivity index (χ2v) is 9.83. The van der Waals surface area contributed by atoms with Gasteiger partial charge in [0.15, 0.2) is 9.84 Å². The number of sulfone groups is 1. The molecule has 150 valence electrons. The fourth-order valence-corrected chi connectivity index (χ4v) is 4.42. The van der Waals surface area contributed by atoms with Crippen molar-refractivity contribution in [3.05, 3.63) is 65.2 Å². The molecule has 1 heterocycles. The molecule has 2 aromatic rings. The van der Waals surface area contributed by atoms with Crippen molar-refractivity contribution in [2.75, 3.05) is 19.3 Å². The van der Waals surface area contributed by atoms with Crippen LogP contribution in [0.3, 0.4) is 0 Å². The minimum Gasteiger partial charge on any atom is -0.350 e. The van der Waals surface area contributed by atoms with E-state index in [-0.39, 0.29) is 16.8 Å². The molecule has 0 radical (unpaired) electrons. The Hall–Kier alpha value is -2.18. The van der Waals surface area contributed by atoms with Gasteiger partial charge in [0, 0.05) is 37.5 Å². The van der Waals surface area contributed by atoms with Gasteiger partial charge in [-0.3, -0.25) is 9.69 Å². The van der Waals surface area contributed by atoms with Crippen molar-refractivity contribution in [3.8, 4) is 0 Å². The summed E-state index contributed by atoms with van der Waals surface area (Å²) in [5.41, 5.74) is 3.13. The third-order valence-corrected chi connectivity index (χ3v) is 6.51. The number of fused-ring (bicyclic) bond motifs is 1. The Bertz CT molecular complexity index is 954. The van der Waals surface area contributed by atoms with Gasteiger partial charge in [-0.15, -0.1) is 0 Å². The average Bonchev–Trinajstić information content (AvgIpc) is 2.67. The smallest absolute Gasteiger partial charge is 0.251 e. The van der Waals surface area contributed by atoms with Crippen molar-refractivity contribution in [2.24, 2.45) is 5.92 Å². The van der Waals surface area contributed by atoms with Crippen LogP contribution in [-0.4, -0.2) is 44.6 Å². The SMILES string of the molecule is CC(C)[C@@H](CNC(=O)c1cccc(S(C)(=O)=O)c1)N1CCc2ccccc2C1. The van der Waals surface area contributed by atoms with E-state index >= 15 is 0 Å². The minimum atomic E-state index is -3.34. The van der Waals surface area contributed by atoms with Crippen LogP contribution in [0.4, 0.5) is 0 Å². The fourth-order valence-electron chi connectivity index (χ4n) is 3.75. The Balaban J connectivity index is 1.68. The highest BCUT2D eigenvalue weighted by atomic mass is 32.2. The van der Waals surface area contributed by atoms with Crippen LogP contribution in [0.1, 0.15) is 35.3 Å². The van der Waals surface area contributed by atoms with E-state index in [0.717, 1.165) is 25.8 Å². The van der Waals surface area contributed by atoms with Crippen molar-refractivity contribution in [3.63, 3.8) is 0 Å². The van der Waals surface area contributed by atoms with Crippen LogP contribution < -0.4 is 5.32 Å². The third kappa shape index (κ3) is 4.80. The van der Waals surface area contributed by atoms with E-state index in [2.05, 4.69) is 48.3 Å². The largest absolute Gasteiger partial charge is 0.350 e. The molecule has 0 unspecified atom stereocenters. The molecule has 2 aromatic carbocycles. The Labute approximate surface area is 167 Å². The monoisotopic (exact) mass is 400 g/mol. The highest BCUT2D eigenvalue weighted by Crippen LogP contribution is 2.23. The van der Waals surface area contributed by atoms with E-state index < -0.39 is 9.84 Å². The predicted octanol–water partition coefficient (Wildman–Crippen LogP) is 2.90. The molecule has 3 rings (SSSR count). The minimum absolute atomic E-state index is 0.160. The van der Waals surface area contributed by atoms with Crippen molar-refractivity contribution >= 4 is 15.7 Å². The van der Waals surface area contributed by atoms with Crippen LogP contribution in [0.5, 0.6) is 0 Å². The normalized spacial score (nSPS) is 15.9. The van der Waals surface area contributed by atoms with Gasteiger partial charge in [-0.2, -0.15) is 0 Å². The fraction of sp³-hybridized carbons (Fsp3) is 0.409. The molecular formula is C22H28N2O3S. The lowest BCUT2D eigenvalue weighted by Gasteiger charge is -2.38. The summed E-state index contributed by atoms with van der Waals surface area (Å²) in [6.07, 6.45) is 2.16. The maximum absolute atomic E-state index is 12.6. The molecule has 6 heteroatoms. The topological polar surface area (TPSA) is 66.5 Å². The highest BCUT2D eigenvalue weighted by Gasteiger charge is 2.26. The van der Waals surface area contributed by atoms with Gasteiger partial charge in [0.1, 0.15) is 0 Å². The quantitative estimate of drug-likeness (QED) is 0.810. The Morgan fingerprint density at radius 1 is 1.11 bits per heavy atom. The number of hydrogen-bond donors (Lipinski definition) is 1. The van der Waals surface area contributed by atoms with Crippen LogP contribution in [0.15, 0.2) is 53.4 Å². The van der Waals surface area contributed by atoms with Crippen LogP contribution in [0.2, 0.25) is 0 Å². The number of nitrogens with one attached hydrogen (secondary N) is 1. The summed E-state index contributed by atoms with van der Waals surface area (Å²) in [5.74, 6) is 0.140. The zero-order chi connectivity index (χ0) is 20.3. The van der Waals surface area contributed by atoms with Crippen molar-refractivity contribution in [1.29, 1.82) is 0 Å². The zero-order valence-corrected chi connectivity index (χ0v) is 17.5. The molecule has 1 atom stereocenters. The van der Waals surface area contributed by atoms with Gasteiger partial charge in [-0.1, -0.05) is 44.2 Å². The average molecular weight is 401 g/mol. The summed E-state index contributed by atoms with van der Waals surface area (Å²) < 4.78 is 23.5. The van der Waals surface area contributed by atoms with Crippen LogP contribution >= 0.6 is 0 Å². The summed E-state index contributed by atoms with van der Waals surface area (Å²) in [7, 11) is -3.34. The zero-order valence-electron chi connectivity index (χ0n) is 16.7. The Kier molecular flexibility index (Phi) is 6.20. The number of carbonyl (C=O) groups excluding carboxylic acids is 1. The van der Waals surface area contributed by atoms with Crippen molar-refractivity contribution in [1.82, 2.24) is 10.2 Å². The molecule has 0 saturated carbocycles. The molecule has 1 amide bonds. The molecule has 1 N–H and O–H groups in total. The summed E-state index contributed by atoms with van der Waals surface area (Å²) >= 11 is 0. The highest BCUT2D eigenvalue weighted by molar-refractivity contribution is 7.90. The molecule has 0 aliphatic carbocycles. The first-order valence-electron chi connectivity index (χ1n) is 9.65. The van der Waals surface area contributed by atoms with Gasteiger partial charge >= 0.3 is 0 Å². The van der Waals surface area contributed by atoms with E-state index in [1.807, 2.05) is 0 Å². The van der Waals surface area contributed by atoms with Crippen molar-refractivity contribution in [2.45, 2.75) is 37.8 Å². The lowest BCUT2D eigenvalue weighted by atomic mass is 9.95. The van der Waals surface area contributed by atoms with E-state index in [1.54, 1.807) is 12.1 Å². The first kappa shape index (κ1) is 20.6. The summed E-state index contributed by atoms with van der Waals surface area (Å²) in [5, 5.41) is 3.00. The van der Waals surface area contributed by atoms with E-state index in [1.165, 1.54) is 23.3 Å². The number of hydrogen-bond acceptors (Lipinski definition) is 4. The molecule has 1 aliphatic heterocycles. The molecule has 0 saturated heterocycles. The Morgan fingerprint density at radius 2 is 1.82 bits per heavy atom. The summed E-state index contributed by atoms with van der Waals surface area (Å²) in [6.45, 7) is 6.72. The second kappa shape index (κ2) is 8.45. The molecule has 0 bridgehead atoms. The summed E-state index contributed by atoms with van der Waals surface area (Å²) in [6, 6.07) is 14.9. The maximum atomic E-state index is 12.6. The number of amides is 1. The van der Waals surface area contributed by atoms with Gasteiger partial charge in [-0.25, -0.2) is 8.42 Å². The number of benzene rings is 2. The lowest BCUT2D eigenvalue weighted by Crippen LogP contribution is -2.48. The van der Waals surface area contributed by atoms with E-state index in [9.17, 15) is 13.2 Å². The first-order valence-corrected chi connectivity index (χ1v) is 11.5. The van der Waals surface area contributed by atoms with Gasteiger partial charge in [0.05, 0.1) is 4.90 Å². The molecule has 5 nitrogen and oxygen atoms in total. The Morgan fingerprint density at radius 3 is 2.50 bits per heavy atom. The van der Waals surface area contributed by atoms with Crippen LogP contribution in [0.25, 0.3) is 0 Å². The van der Waals surface area contributed by atoms with Crippen molar-refractivity contribution < 1.29 is 13.2 Å². The molecule has 28 heavy (non-hydrogen) atoms. The van der Waals surface area contributed by atoms with Gasteiger partial charge in [0.2, 0.25) is 0 Å². The molecule has 0 fully saturated rings. The van der Waals surface area contributed by atoms with Gasteiger partial charge in [-0.05, 0) is 41.7 Å². The number of rotatable bonds is 6. The molecular weight excluding hydrogens is 372 g/mol. The third-order valence-electron chi connectivity index (χ3n) is 5.39. The number of nitrogens with zero attached hydrogens (tertiary/aromatic N) is 1. The second-order valence-electron chi connectivity index (χ2n) is 7.81. The molecule has 0 spiro atoms. The van der Waals surface area contributed by atoms with Gasteiger partial charge < -0.3 is 5.32 Å².